The van der Waals surface area contributed by atoms with Gasteiger partial charge < -0.3 is 10.6 Å². The molecular formula is C16H25N3. The third kappa shape index (κ3) is 2.20. The molecule has 1 saturated heterocycles. The van der Waals surface area contributed by atoms with Crippen molar-refractivity contribution in [2.75, 3.05) is 39.8 Å². The van der Waals surface area contributed by atoms with Gasteiger partial charge in [-0.15, -0.1) is 0 Å². The molecule has 104 valence electrons. The number of nitrogens with two attached hydrogens (primary N) is 1. The molecule has 0 amide bonds. The third-order valence-electron chi connectivity index (χ3n) is 5.00. The second-order valence-corrected chi connectivity index (χ2v) is 6.04. The Morgan fingerprint density at radius 2 is 1.89 bits per heavy atom. The molecule has 0 saturated carbocycles. The average molecular weight is 259 g/mol. The molecule has 3 rings (SSSR count). The summed E-state index contributed by atoms with van der Waals surface area (Å²) in [6, 6.07) is 8.93. The number of fused-ring (bicyclic) bond motifs is 1. The molecule has 1 aliphatic carbocycles. The van der Waals surface area contributed by atoms with Crippen molar-refractivity contribution in [3.63, 3.8) is 0 Å². The fourth-order valence-corrected chi connectivity index (χ4v) is 3.80. The Morgan fingerprint density at radius 1 is 1.16 bits per heavy atom. The summed E-state index contributed by atoms with van der Waals surface area (Å²) in [7, 11) is 2.21. The lowest BCUT2D eigenvalue weighted by Gasteiger charge is -2.49. The lowest BCUT2D eigenvalue weighted by atomic mass is 9.75. The van der Waals surface area contributed by atoms with Gasteiger partial charge in [-0.05, 0) is 37.4 Å². The fourth-order valence-electron chi connectivity index (χ4n) is 3.80. The Kier molecular flexibility index (Phi) is 3.61. The van der Waals surface area contributed by atoms with E-state index in [4.69, 9.17) is 5.73 Å². The second kappa shape index (κ2) is 5.23. The zero-order valence-corrected chi connectivity index (χ0v) is 11.9. The molecular weight excluding hydrogens is 234 g/mol. The van der Waals surface area contributed by atoms with Crippen LogP contribution in [-0.2, 0) is 12.0 Å². The second-order valence-electron chi connectivity index (χ2n) is 6.04. The molecule has 1 aromatic rings. The first-order chi connectivity index (χ1) is 9.26. The molecule has 2 aliphatic rings. The summed E-state index contributed by atoms with van der Waals surface area (Å²) in [5.74, 6) is 0. The van der Waals surface area contributed by atoms with E-state index in [0.29, 0.717) is 0 Å². The first-order valence-electron chi connectivity index (χ1n) is 7.48. The predicted molar refractivity (Wildman–Crippen MR) is 79.2 cm³/mol. The molecule has 3 nitrogen and oxygen atoms in total. The van der Waals surface area contributed by atoms with Gasteiger partial charge in [0.15, 0.2) is 0 Å². The number of likely N-dealkylation sites (N-methyl/N-ethyl adjacent to an activating group) is 1. The van der Waals surface area contributed by atoms with Crippen molar-refractivity contribution in [2.24, 2.45) is 5.73 Å². The maximum absolute atomic E-state index is 6.26. The van der Waals surface area contributed by atoms with Crippen LogP contribution in [0.25, 0.3) is 0 Å². The van der Waals surface area contributed by atoms with Crippen molar-refractivity contribution < 1.29 is 0 Å². The van der Waals surface area contributed by atoms with Crippen molar-refractivity contribution in [1.82, 2.24) is 9.80 Å². The highest BCUT2D eigenvalue weighted by molar-refractivity contribution is 5.37. The van der Waals surface area contributed by atoms with Crippen LogP contribution in [0.3, 0.4) is 0 Å². The summed E-state index contributed by atoms with van der Waals surface area (Å²) < 4.78 is 0. The molecule has 1 atom stereocenters. The zero-order chi connectivity index (χ0) is 13.3. The van der Waals surface area contributed by atoms with Gasteiger partial charge in [-0.2, -0.15) is 0 Å². The highest BCUT2D eigenvalue weighted by Gasteiger charge is 2.41. The van der Waals surface area contributed by atoms with Crippen molar-refractivity contribution in [3.05, 3.63) is 35.4 Å². The van der Waals surface area contributed by atoms with E-state index in [1.54, 1.807) is 0 Å². The largest absolute Gasteiger partial charge is 0.328 e. The number of piperazine rings is 1. The molecule has 1 heterocycles. The van der Waals surface area contributed by atoms with Crippen LogP contribution in [-0.4, -0.2) is 49.6 Å². The minimum Gasteiger partial charge on any atom is -0.328 e. The minimum atomic E-state index is 0.0934. The number of rotatable bonds is 2. The monoisotopic (exact) mass is 259 g/mol. The first-order valence-corrected chi connectivity index (χ1v) is 7.48. The van der Waals surface area contributed by atoms with E-state index < -0.39 is 0 Å². The van der Waals surface area contributed by atoms with Crippen LogP contribution in [0.4, 0.5) is 0 Å². The number of benzene rings is 1. The van der Waals surface area contributed by atoms with Crippen LogP contribution in [0.5, 0.6) is 0 Å². The number of nitrogens with zero attached hydrogens (tertiary/aromatic N) is 2. The van der Waals surface area contributed by atoms with E-state index >= 15 is 0 Å². The molecule has 0 bridgehead atoms. The number of hydrogen-bond donors (Lipinski definition) is 1. The van der Waals surface area contributed by atoms with E-state index in [1.165, 1.54) is 30.4 Å². The summed E-state index contributed by atoms with van der Waals surface area (Å²) in [5.41, 5.74) is 9.36. The van der Waals surface area contributed by atoms with E-state index in [-0.39, 0.29) is 5.54 Å². The summed E-state index contributed by atoms with van der Waals surface area (Å²) >= 11 is 0. The third-order valence-corrected chi connectivity index (χ3v) is 5.00. The van der Waals surface area contributed by atoms with Crippen molar-refractivity contribution in [3.8, 4) is 0 Å². The van der Waals surface area contributed by atoms with Crippen molar-refractivity contribution >= 4 is 0 Å². The maximum Gasteiger partial charge on any atom is 0.0587 e. The molecule has 1 aliphatic heterocycles. The van der Waals surface area contributed by atoms with Gasteiger partial charge in [-0.1, -0.05) is 24.3 Å². The van der Waals surface area contributed by atoms with Gasteiger partial charge in [-0.3, -0.25) is 4.90 Å². The van der Waals surface area contributed by atoms with Gasteiger partial charge >= 0.3 is 0 Å². The first kappa shape index (κ1) is 13.1. The van der Waals surface area contributed by atoms with Gasteiger partial charge in [-0.25, -0.2) is 0 Å². The van der Waals surface area contributed by atoms with Crippen LogP contribution >= 0.6 is 0 Å². The zero-order valence-electron chi connectivity index (χ0n) is 11.9. The Morgan fingerprint density at radius 3 is 2.63 bits per heavy atom. The van der Waals surface area contributed by atoms with Crippen molar-refractivity contribution in [1.29, 1.82) is 0 Å². The quantitative estimate of drug-likeness (QED) is 0.872. The predicted octanol–water partition coefficient (Wildman–Crippen LogP) is 1.42. The summed E-state index contributed by atoms with van der Waals surface area (Å²) in [5, 5.41) is 0. The van der Waals surface area contributed by atoms with Crippen LogP contribution in [0.1, 0.15) is 24.0 Å². The molecule has 1 fully saturated rings. The molecule has 0 spiro atoms. The Hall–Kier alpha value is -0.900. The molecule has 1 unspecified atom stereocenters. The summed E-state index contributed by atoms with van der Waals surface area (Å²) in [4.78, 5) is 5.06. The highest BCUT2D eigenvalue weighted by atomic mass is 15.3. The van der Waals surface area contributed by atoms with Gasteiger partial charge in [0.05, 0.1) is 5.54 Å². The van der Waals surface area contributed by atoms with E-state index in [1.807, 2.05) is 0 Å². The summed E-state index contributed by atoms with van der Waals surface area (Å²) in [6.07, 6.45) is 3.69. The van der Waals surface area contributed by atoms with Crippen LogP contribution < -0.4 is 5.73 Å². The Balaban J connectivity index is 1.95. The smallest absolute Gasteiger partial charge is 0.0587 e. The Labute approximate surface area is 116 Å². The standard InChI is InChI=1S/C16H25N3/c1-18-9-11-19(12-10-18)16(13-17)8-4-6-14-5-2-3-7-15(14)16/h2-3,5,7H,4,6,8-13,17H2,1H3. The fraction of sp³-hybridized carbons (Fsp3) is 0.625. The lowest BCUT2D eigenvalue weighted by Crippen LogP contribution is -2.58. The van der Waals surface area contributed by atoms with Crippen LogP contribution in [0.15, 0.2) is 24.3 Å². The van der Waals surface area contributed by atoms with Gasteiger partial charge in [0.1, 0.15) is 0 Å². The maximum atomic E-state index is 6.26. The van der Waals surface area contributed by atoms with E-state index in [0.717, 1.165) is 32.7 Å². The van der Waals surface area contributed by atoms with E-state index in [2.05, 4.69) is 41.1 Å². The normalized spacial score (nSPS) is 29.2. The number of hydrogen-bond acceptors (Lipinski definition) is 3. The molecule has 2 N–H and O–H groups in total. The summed E-state index contributed by atoms with van der Waals surface area (Å²) in [6.45, 7) is 5.34. The van der Waals surface area contributed by atoms with Crippen molar-refractivity contribution in [2.45, 2.75) is 24.8 Å². The minimum absolute atomic E-state index is 0.0934. The van der Waals surface area contributed by atoms with Gasteiger partial charge in [0, 0.05) is 32.7 Å². The lowest BCUT2D eigenvalue weighted by molar-refractivity contribution is 0.0300. The van der Waals surface area contributed by atoms with Gasteiger partial charge in [0.25, 0.3) is 0 Å². The van der Waals surface area contributed by atoms with E-state index in [9.17, 15) is 0 Å². The van der Waals surface area contributed by atoms with Crippen LogP contribution in [0.2, 0.25) is 0 Å². The Bertz CT molecular complexity index is 437. The SMILES string of the molecule is CN1CCN(C2(CN)CCCc3ccccc32)CC1. The van der Waals surface area contributed by atoms with Crippen LogP contribution in [0, 0.1) is 0 Å². The van der Waals surface area contributed by atoms with Gasteiger partial charge in [0.2, 0.25) is 0 Å². The molecule has 3 heteroatoms. The molecule has 1 aromatic carbocycles. The highest BCUT2D eigenvalue weighted by Crippen LogP contribution is 2.39. The number of aryl methyl sites for hydroxylation is 1. The molecule has 19 heavy (non-hydrogen) atoms. The topological polar surface area (TPSA) is 32.5 Å². The average Bonchev–Trinajstić information content (AvgIpc) is 2.47. The molecule has 0 aromatic heterocycles. The molecule has 0 radical (unpaired) electrons.